The van der Waals surface area contributed by atoms with Crippen LogP contribution in [0.3, 0.4) is 0 Å². The molecule has 1 heterocycles. The van der Waals surface area contributed by atoms with Crippen LogP contribution in [0.1, 0.15) is 25.7 Å². The smallest absolute Gasteiger partial charge is 0.248 e. The third kappa shape index (κ3) is 2.96. The zero-order valence-corrected chi connectivity index (χ0v) is 8.87. The Morgan fingerprint density at radius 2 is 2.36 bits per heavy atom. The van der Waals surface area contributed by atoms with Crippen molar-refractivity contribution in [3.05, 3.63) is 0 Å². The molecule has 0 bridgehead atoms. The van der Waals surface area contributed by atoms with E-state index >= 15 is 0 Å². The summed E-state index contributed by atoms with van der Waals surface area (Å²) in [4.78, 5) is 13.6. The number of nitrogens with zero attached hydrogens (tertiary/aromatic N) is 1. The van der Waals surface area contributed by atoms with Crippen molar-refractivity contribution in [2.45, 2.75) is 31.7 Å². The number of methoxy groups -OCH3 is 1. The summed E-state index contributed by atoms with van der Waals surface area (Å²) in [5, 5.41) is 0. The van der Waals surface area contributed by atoms with Gasteiger partial charge in [0.15, 0.2) is 0 Å². The summed E-state index contributed by atoms with van der Waals surface area (Å²) in [5.74, 6) is 0.102. The molecule has 0 spiro atoms. The van der Waals surface area contributed by atoms with Gasteiger partial charge < -0.3 is 15.4 Å². The van der Waals surface area contributed by atoms with Gasteiger partial charge in [0.25, 0.3) is 0 Å². The SMILES string of the molecule is COCC(=O)N1CCCCC1CCN. The van der Waals surface area contributed by atoms with E-state index < -0.39 is 0 Å². The average Bonchev–Trinajstić information content (AvgIpc) is 2.19. The summed E-state index contributed by atoms with van der Waals surface area (Å²) >= 11 is 0. The number of amides is 1. The Morgan fingerprint density at radius 3 is 3.00 bits per heavy atom. The Kier molecular flexibility index (Phi) is 4.90. The molecular weight excluding hydrogens is 180 g/mol. The maximum absolute atomic E-state index is 11.6. The first-order valence-corrected chi connectivity index (χ1v) is 5.28. The molecule has 4 nitrogen and oxygen atoms in total. The molecule has 1 fully saturated rings. The van der Waals surface area contributed by atoms with Crippen LogP contribution in [0.4, 0.5) is 0 Å². The van der Waals surface area contributed by atoms with Crippen molar-refractivity contribution >= 4 is 5.91 Å². The second-order valence-corrected chi connectivity index (χ2v) is 3.75. The molecule has 0 saturated carbocycles. The molecule has 1 rings (SSSR count). The highest BCUT2D eigenvalue weighted by molar-refractivity contribution is 5.77. The van der Waals surface area contributed by atoms with E-state index in [9.17, 15) is 4.79 Å². The summed E-state index contributed by atoms with van der Waals surface area (Å²) in [7, 11) is 1.56. The van der Waals surface area contributed by atoms with Gasteiger partial charge in [-0.05, 0) is 32.2 Å². The number of rotatable bonds is 4. The second-order valence-electron chi connectivity index (χ2n) is 3.75. The van der Waals surface area contributed by atoms with Gasteiger partial charge in [0, 0.05) is 19.7 Å². The van der Waals surface area contributed by atoms with Crippen LogP contribution >= 0.6 is 0 Å². The van der Waals surface area contributed by atoms with Crippen LogP contribution < -0.4 is 5.73 Å². The number of hydrogen-bond acceptors (Lipinski definition) is 3. The van der Waals surface area contributed by atoms with E-state index in [0.717, 1.165) is 25.8 Å². The molecule has 1 unspecified atom stereocenters. The average molecular weight is 200 g/mol. The van der Waals surface area contributed by atoms with Gasteiger partial charge in [-0.25, -0.2) is 0 Å². The van der Waals surface area contributed by atoms with E-state index in [1.165, 1.54) is 6.42 Å². The van der Waals surface area contributed by atoms with E-state index in [1.54, 1.807) is 7.11 Å². The van der Waals surface area contributed by atoms with E-state index in [-0.39, 0.29) is 12.5 Å². The molecule has 2 N–H and O–H groups in total. The van der Waals surface area contributed by atoms with Gasteiger partial charge in [0.2, 0.25) is 5.91 Å². The molecule has 14 heavy (non-hydrogen) atoms. The number of carbonyl (C=O) groups excluding carboxylic acids is 1. The molecule has 0 aliphatic carbocycles. The van der Waals surface area contributed by atoms with Crippen LogP contribution in [-0.2, 0) is 9.53 Å². The summed E-state index contributed by atoms with van der Waals surface area (Å²) in [5.41, 5.74) is 5.53. The Labute approximate surface area is 85.4 Å². The predicted molar refractivity (Wildman–Crippen MR) is 54.9 cm³/mol. The fourth-order valence-electron chi connectivity index (χ4n) is 2.03. The number of carbonyl (C=O) groups is 1. The third-order valence-electron chi connectivity index (χ3n) is 2.72. The molecule has 4 heteroatoms. The van der Waals surface area contributed by atoms with Crippen molar-refractivity contribution in [2.24, 2.45) is 5.73 Å². The van der Waals surface area contributed by atoms with Crippen LogP contribution in [0.25, 0.3) is 0 Å². The fraction of sp³-hybridized carbons (Fsp3) is 0.900. The molecule has 82 valence electrons. The van der Waals surface area contributed by atoms with Gasteiger partial charge in [-0.2, -0.15) is 0 Å². The van der Waals surface area contributed by atoms with Crippen LogP contribution in [0.2, 0.25) is 0 Å². The lowest BCUT2D eigenvalue weighted by Crippen LogP contribution is -2.46. The second kappa shape index (κ2) is 5.98. The third-order valence-corrected chi connectivity index (χ3v) is 2.72. The highest BCUT2D eigenvalue weighted by atomic mass is 16.5. The van der Waals surface area contributed by atoms with Gasteiger partial charge >= 0.3 is 0 Å². The van der Waals surface area contributed by atoms with Crippen molar-refractivity contribution in [1.82, 2.24) is 4.90 Å². The van der Waals surface area contributed by atoms with Crippen molar-refractivity contribution in [2.75, 3.05) is 26.8 Å². The molecule has 1 atom stereocenters. The first-order valence-electron chi connectivity index (χ1n) is 5.28. The van der Waals surface area contributed by atoms with Crippen molar-refractivity contribution in [1.29, 1.82) is 0 Å². The summed E-state index contributed by atoms with van der Waals surface area (Å²) < 4.78 is 4.86. The number of hydrogen-bond donors (Lipinski definition) is 1. The molecule has 1 amide bonds. The molecule has 0 radical (unpaired) electrons. The standard InChI is InChI=1S/C10H20N2O2/c1-14-8-10(13)12-7-3-2-4-9(12)5-6-11/h9H,2-8,11H2,1H3. The molecule has 0 aromatic rings. The molecule has 1 saturated heterocycles. The maximum atomic E-state index is 11.6. The zero-order valence-electron chi connectivity index (χ0n) is 8.87. The Balaban J connectivity index is 2.48. The highest BCUT2D eigenvalue weighted by Gasteiger charge is 2.25. The van der Waals surface area contributed by atoms with Gasteiger partial charge in [-0.1, -0.05) is 0 Å². The minimum Gasteiger partial charge on any atom is -0.375 e. The Hall–Kier alpha value is -0.610. The number of piperidine rings is 1. The summed E-state index contributed by atoms with van der Waals surface area (Å²) in [6.07, 6.45) is 4.32. The van der Waals surface area contributed by atoms with Gasteiger partial charge in [-0.3, -0.25) is 4.79 Å². The van der Waals surface area contributed by atoms with Crippen LogP contribution in [0.5, 0.6) is 0 Å². The van der Waals surface area contributed by atoms with E-state index in [2.05, 4.69) is 0 Å². The van der Waals surface area contributed by atoms with Gasteiger partial charge in [0.05, 0.1) is 0 Å². The van der Waals surface area contributed by atoms with Crippen LogP contribution in [0.15, 0.2) is 0 Å². The lowest BCUT2D eigenvalue weighted by molar-refractivity contribution is -0.138. The Bertz CT molecular complexity index is 183. The molecule has 0 aromatic heterocycles. The number of nitrogens with two attached hydrogens (primary N) is 1. The molecule has 1 aliphatic rings. The quantitative estimate of drug-likeness (QED) is 0.713. The molecule has 0 aromatic carbocycles. The zero-order chi connectivity index (χ0) is 10.4. The topological polar surface area (TPSA) is 55.6 Å². The summed E-state index contributed by atoms with van der Waals surface area (Å²) in [6, 6.07) is 0.344. The Morgan fingerprint density at radius 1 is 1.57 bits per heavy atom. The van der Waals surface area contributed by atoms with Crippen LogP contribution in [-0.4, -0.2) is 43.7 Å². The predicted octanol–water partition coefficient (Wildman–Crippen LogP) is 0.363. The highest BCUT2D eigenvalue weighted by Crippen LogP contribution is 2.19. The normalized spacial score (nSPS) is 22.4. The van der Waals surface area contributed by atoms with Crippen LogP contribution in [0, 0.1) is 0 Å². The first kappa shape index (κ1) is 11.5. The van der Waals surface area contributed by atoms with E-state index in [1.807, 2.05) is 4.90 Å². The van der Waals surface area contributed by atoms with E-state index in [0.29, 0.717) is 12.6 Å². The lowest BCUT2D eigenvalue weighted by atomic mass is 9.99. The molecular formula is C10H20N2O2. The minimum absolute atomic E-state index is 0.102. The first-order chi connectivity index (χ1) is 6.79. The van der Waals surface area contributed by atoms with Crippen molar-refractivity contribution < 1.29 is 9.53 Å². The lowest BCUT2D eigenvalue weighted by Gasteiger charge is -2.35. The fourth-order valence-corrected chi connectivity index (χ4v) is 2.03. The largest absolute Gasteiger partial charge is 0.375 e. The minimum atomic E-state index is 0.102. The maximum Gasteiger partial charge on any atom is 0.248 e. The molecule has 1 aliphatic heterocycles. The van der Waals surface area contributed by atoms with Crippen molar-refractivity contribution in [3.63, 3.8) is 0 Å². The number of likely N-dealkylation sites (tertiary alicyclic amines) is 1. The van der Waals surface area contributed by atoms with Crippen molar-refractivity contribution in [3.8, 4) is 0 Å². The van der Waals surface area contributed by atoms with Gasteiger partial charge in [0.1, 0.15) is 6.61 Å². The van der Waals surface area contributed by atoms with Gasteiger partial charge in [-0.15, -0.1) is 0 Å². The summed E-state index contributed by atoms with van der Waals surface area (Å²) in [6.45, 7) is 1.72. The van der Waals surface area contributed by atoms with E-state index in [4.69, 9.17) is 10.5 Å². The monoisotopic (exact) mass is 200 g/mol. The number of ether oxygens (including phenoxy) is 1.